The third kappa shape index (κ3) is 4.22. The van der Waals surface area contributed by atoms with E-state index in [-0.39, 0.29) is 5.82 Å². The normalized spacial score (nSPS) is 12.8. The molecule has 0 aliphatic rings. The topological polar surface area (TPSA) is 12.0 Å². The van der Waals surface area contributed by atoms with Crippen molar-refractivity contribution in [3.05, 3.63) is 34.1 Å². The monoisotopic (exact) mass is 287 g/mol. The van der Waals surface area contributed by atoms with Crippen LogP contribution in [0.5, 0.6) is 0 Å². The van der Waals surface area contributed by atoms with Gasteiger partial charge in [0.15, 0.2) is 0 Å². The van der Waals surface area contributed by atoms with Crippen LogP contribution in [0.1, 0.15) is 31.7 Å². The van der Waals surface area contributed by atoms with Crippen LogP contribution in [0.3, 0.4) is 0 Å². The molecule has 1 nitrogen and oxygen atoms in total. The maximum Gasteiger partial charge on any atom is 0.124 e. The molecule has 1 atom stereocenters. The zero-order valence-corrected chi connectivity index (χ0v) is 11.5. The largest absolute Gasteiger partial charge is 0.317 e. The summed E-state index contributed by atoms with van der Waals surface area (Å²) in [7, 11) is 2.00. The molecule has 0 aromatic heterocycles. The van der Waals surface area contributed by atoms with Crippen LogP contribution in [0.25, 0.3) is 0 Å². The first-order valence-electron chi connectivity index (χ1n) is 5.78. The predicted molar refractivity (Wildman–Crippen MR) is 70.2 cm³/mol. The van der Waals surface area contributed by atoms with E-state index >= 15 is 0 Å². The number of hydrogen-bond donors (Lipinski definition) is 1. The van der Waals surface area contributed by atoms with Gasteiger partial charge in [-0.1, -0.05) is 28.9 Å². The number of benzene rings is 1. The predicted octanol–water partition coefficient (Wildman–Crippen LogP) is 3.91. The van der Waals surface area contributed by atoms with Gasteiger partial charge in [-0.25, -0.2) is 4.39 Å². The SMILES string of the molecule is CCC(CCCc1ccc(F)cc1Br)NC. The highest BCUT2D eigenvalue weighted by Crippen LogP contribution is 2.20. The molecule has 0 saturated carbocycles. The Morgan fingerprint density at radius 2 is 2.19 bits per heavy atom. The quantitative estimate of drug-likeness (QED) is 0.837. The smallest absolute Gasteiger partial charge is 0.124 e. The Morgan fingerprint density at radius 3 is 2.75 bits per heavy atom. The van der Waals surface area contributed by atoms with Crippen LogP contribution < -0.4 is 5.32 Å². The van der Waals surface area contributed by atoms with E-state index in [1.807, 2.05) is 13.1 Å². The average Bonchev–Trinajstić information content (AvgIpc) is 2.27. The Hall–Kier alpha value is -0.410. The highest BCUT2D eigenvalue weighted by molar-refractivity contribution is 9.10. The summed E-state index contributed by atoms with van der Waals surface area (Å²) in [4.78, 5) is 0. The van der Waals surface area contributed by atoms with Crippen molar-refractivity contribution in [2.45, 2.75) is 38.6 Å². The van der Waals surface area contributed by atoms with E-state index in [9.17, 15) is 4.39 Å². The summed E-state index contributed by atoms with van der Waals surface area (Å²) in [5.74, 6) is -0.183. The molecule has 0 heterocycles. The minimum absolute atomic E-state index is 0.183. The molecule has 90 valence electrons. The lowest BCUT2D eigenvalue weighted by atomic mass is 10.0. The van der Waals surface area contributed by atoms with Gasteiger partial charge < -0.3 is 5.32 Å². The van der Waals surface area contributed by atoms with E-state index in [0.717, 1.165) is 30.2 Å². The zero-order valence-electron chi connectivity index (χ0n) is 9.89. The maximum absolute atomic E-state index is 12.9. The van der Waals surface area contributed by atoms with Gasteiger partial charge in [-0.15, -0.1) is 0 Å². The number of aryl methyl sites for hydroxylation is 1. The number of hydrogen-bond acceptors (Lipinski definition) is 1. The van der Waals surface area contributed by atoms with E-state index in [1.165, 1.54) is 17.7 Å². The van der Waals surface area contributed by atoms with Gasteiger partial charge in [-0.2, -0.15) is 0 Å². The number of halogens is 2. The lowest BCUT2D eigenvalue weighted by Crippen LogP contribution is -2.23. The molecule has 0 fully saturated rings. The highest BCUT2D eigenvalue weighted by Gasteiger charge is 2.05. The molecule has 1 N–H and O–H groups in total. The minimum atomic E-state index is -0.183. The summed E-state index contributed by atoms with van der Waals surface area (Å²) < 4.78 is 13.7. The summed E-state index contributed by atoms with van der Waals surface area (Å²) in [6, 6.07) is 5.51. The summed E-state index contributed by atoms with van der Waals surface area (Å²) >= 11 is 3.39. The molecule has 0 saturated heterocycles. The summed E-state index contributed by atoms with van der Waals surface area (Å²) in [6.07, 6.45) is 4.44. The summed E-state index contributed by atoms with van der Waals surface area (Å²) in [5.41, 5.74) is 1.19. The summed E-state index contributed by atoms with van der Waals surface area (Å²) in [5, 5.41) is 3.29. The molecule has 0 bridgehead atoms. The Kier molecular flexibility index (Phi) is 5.99. The molecule has 1 aromatic rings. The Morgan fingerprint density at radius 1 is 1.44 bits per heavy atom. The van der Waals surface area contributed by atoms with Crippen LogP contribution in [0.2, 0.25) is 0 Å². The zero-order chi connectivity index (χ0) is 12.0. The fourth-order valence-electron chi connectivity index (χ4n) is 1.82. The molecule has 1 unspecified atom stereocenters. The summed E-state index contributed by atoms with van der Waals surface area (Å²) in [6.45, 7) is 2.19. The number of nitrogens with one attached hydrogen (secondary N) is 1. The van der Waals surface area contributed by atoms with E-state index in [1.54, 1.807) is 0 Å². The Balaban J connectivity index is 2.42. The first kappa shape index (κ1) is 13.7. The van der Waals surface area contributed by atoms with Crippen molar-refractivity contribution in [2.24, 2.45) is 0 Å². The second-order valence-corrected chi connectivity index (χ2v) is 4.88. The third-order valence-corrected chi connectivity index (χ3v) is 3.65. The molecule has 0 amide bonds. The molecule has 3 heteroatoms. The van der Waals surface area contributed by atoms with Crippen LogP contribution in [-0.4, -0.2) is 13.1 Å². The second kappa shape index (κ2) is 7.02. The fourth-order valence-corrected chi connectivity index (χ4v) is 2.37. The first-order valence-corrected chi connectivity index (χ1v) is 6.57. The third-order valence-electron chi connectivity index (χ3n) is 2.91. The van der Waals surface area contributed by atoms with Crippen molar-refractivity contribution >= 4 is 15.9 Å². The van der Waals surface area contributed by atoms with Crippen molar-refractivity contribution in [1.29, 1.82) is 0 Å². The molecule has 0 aliphatic heterocycles. The van der Waals surface area contributed by atoms with Gasteiger partial charge in [0.2, 0.25) is 0 Å². The van der Waals surface area contributed by atoms with Gasteiger partial charge in [-0.05, 0) is 50.4 Å². The van der Waals surface area contributed by atoms with E-state index in [2.05, 4.69) is 28.2 Å². The van der Waals surface area contributed by atoms with Crippen LogP contribution >= 0.6 is 15.9 Å². The molecule has 16 heavy (non-hydrogen) atoms. The van der Waals surface area contributed by atoms with Gasteiger partial charge in [0.1, 0.15) is 5.82 Å². The van der Waals surface area contributed by atoms with Crippen molar-refractivity contribution in [2.75, 3.05) is 7.05 Å². The van der Waals surface area contributed by atoms with Gasteiger partial charge in [0.05, 0.1) is 0 Å². The van der Waals surface area contributed by atoms with Crippen molar-refractivity contribution < 1.29 is 4.39 Å². The molecule has 1 aromatic carbocycles. The number of rotatable bonds is 6. The lowest BCUT2D eigenvalue weighted by molar-refractivity contribution is 0.491. The Labute approximate surface area is 106 Å². The fraction of sp³-hybridized carbons (Fsp3) is 0.538. The first-order chi connectivity index (χ1) is 7.67. The van der Waals surface area contributed by atoms with Crippen molar-refractivity contribution in [3.63, 3.8) is 0 Å². The van der Waals surface area contributed by atoms with E-state index < -0.39 is 0 Å². The lowest BCUT2D eigenvalue weighted by Gasteiger charge is -2.13. The van der Waals surface area contributed by atoms with Gasteiger partial charge in [0, 0.05) is 10.5 Å². The van der Waals surface area contributed by atoms with E-state index in [4.69, 9.17) is 0 Å². The van der Waals surface area contributed by atoms with Gasteiger partial charge >= 0.3 is 0 Å². The molecular weight excluding hydrogens is 269 g/mol. The standard InChI is InChI=1S/C13H19BrFN/c1-3-12(16-2)6-4-5-10-7-8-11(15)9-13(10)14/h7-9,12,16H,3-6H2,1-2H3. The molecule has 0 radical (unpaired) electrons. The molecule has 0 spiro atoms. The molecule has 0 aliphatic carbocycles. The van der Waals surface area contributed by atoms with Crippen LogP contribution in [-0.2, 0) is 6.42 Å². The maximum atomic E-state index is 12.9. The molecular formula is C13H19BrFN. The average molecular weight is 288 g/mol. The van der Waals surface area contributed by atoms with Crippen LogP contribution in [0.15, 0.2) is 22.7 Å². The van der Waals surface area contributed by atoms with Crippen molar-refractivity contribution in [1.82, 2.24) is 5.32 Å². The minimum Gasteiger partial charge on any atom is -0.317 e. The van der Waals surface area contributed by atoms with Crippen LogP contribution in [0.4, 0.5) is 4.39 Å². The van der Waals surface area contributed by atoms with Crippen LogP contribution in [0, 0.1) is 5.82 Å². The van der Waals surface area contributed by atoms with Gasteiger partial charge in [0.25, 0.3) is 0 Å². The second-order valence-electron chi connectivity index (χ2n) is 4.02. The van der Waals surface area contributed by atoms with Gasteiger partial charge in [-0.3, -0.25) is 0 Å². The molecule has 1 rings (SSSR count). The van der Waals surface area contributed by atoms with Crippen molar-refractivity contribution in [3.8, 4) is 0 Å². The van der Waals surface area contributed by atoms with E-state index in [0.29, 0.717) is 6.04 Å². The Bertz CT molecular complexity index is 324. The highest BCUT2D eigenvalue weighted by atomic mass is 79.9.